The van der Waals surface area contributed by atoms with Crippen LogP contribution < -0.4 is 10.6 Å². The minimum absolute atomic E-state index is 0.202. The van der Waals surface area contributed by atoms with E-state index in [1.54, 1.807) is 6.26 Å². The molecule has 6 nitrogen and oxygen atoms in total. The summed E-state index contributed by atoms with van der Waals surface area (Å²) in [5.41, 5.74) is 1.74. The van der Waals surface area contributed by atoms with Gasteiger partial charge in [0.15, 0.2) is 0 Å². The van der Waals surface area contributed by atoms with E-state index in [1.165, 1.54) is 32.1 Å². The summed E-state index contributed by atoms with van der Waals surface area (Å²) in [6.45, 7) is 2.18. The van der Waals surface area contributed by atoms with Crippen LogP contribution in [0.25, 0.3) is 0 Å². The van der Waals surface area contributed by atoms with Crippen molar-refractivity contribution in [2.24, 2.45) is 0 Å². The lowest BCUT2D eigenvalue weighted by Gasteiger charge is -2.21. The number of carbonyl (C=O) groups is 1. The van der Waals surface area contributed by atoms with Gasteiger partial charge in [-0.05, 0) is 49.1 Å². The molecule has 1 saturated carbocycles. The van der Waals surface area contributed by atoms with Crippen LogP contribution in [-0.2, 0) is 22.7 Å². The predicted molar refractivity (Wildman–Crippen MR) is 108 cm³/mol. The molecule has 0 unspecified atom stereocenters. The van der Waals surface area contributed by atoms with Crippen molar-refractivity contribution in [3.8, 4) is 0 Å². The van der Waals surface area contributed by atoms with Crippen molar-refractivity contribution in [1.82, 2.24) is 5.32 Å². The average Bonchev–Trinajstić information content (AvgIpc) is 3.22. The summed E-state index contributed by atoms with van der Waals surface area (Å²) in [7, 11) is 0. The molecule has 6 heteroatoms. The van der Waals surface area contributed by atoms with Crippen LogP contribution in [0.5, 0.6) is 0 Å². The molecule has 2 amide bonds. The monoisotopic (exact) mass is 386 g/mol. The van der Waals surface area contributed by atoms with E-state index in [2.05, 4.69) is 10.6 Å². The highest BCUT2D eigenvalue weighted by molar-refractivity contribution is 5.89. The number of rotatable bonds is 10. The molecule has 0 radical (unpaired) electrons. The molecule has 3 rings (SSSR count). The van der Waals surface area contributed by atoms with E-state index in [1.807, 2.05) is 36.4 Å². The Balaban J connectivity index is 1.30. The number of carbonyl (C=O) groups excluding carboxylic acids is 1. The quantitative estimate of drug-likeness (QED) is 0.572. The molecular weight excluding hydrogens is 356 g/mol. The van der Waals surface area contributed by atoms with E-state index >= 15 is 0 Å². The first-order chi connectivity index (χ1) is 13.8. The summed E-state index contributed by atoms with van der Waals surface area (Å²) in [4.78, 5) is 12.1. The summed E-state index contributed by atoms with van der Waals surface area (Å²) in [5, 5.41) is 5.74. The van der Waals surface area contributed by atoms with Gasteiger partial charge in [-0.2, -0.15) is 0 Å². The second kappa shape index (κ2) is 11.5. The Morgan fingerprint density at radius 2 is 2.00 bits per heavy atom. The fourth-order valence-electron chi connectivity index (χ4n) is 3.33. The van der Waals surface area contributed by atoms with Crippen molar-refractivity contribution in [2.45, 2.75) is 57.8 Å². The Morgan fingerprint density at radius 3 is 2.82 bits per heavy atom. The molecule has 28 heavy (non-hydrogen) atoms. The van der Waals surface area contributed by atoms with Gasteiger partial charge in [0.1, 0.15) is 12.4 Å². The topological polar surface area (TPSA) is 72.7 Å². The number of furan rings is 1. The van der Waals surface area contributed by atoms with E-state index in [9.17, 15) is 4.79 Å². The van der Waals surface area contributed by atoms with E-state index in [0.717, 1.165) is 23.4 Å². The molecule has 0 atom stereocenters. The molecule has 0 aliphatic heterocycles. The summed E-state index contributed by atoms with van der Waals surface area (Å²) in [6.07, 6.45) is 9.11. The van der Waals surface area contributed by atoms with Crippen molar-refractivity contribution >= 4 is 11.7 Å². The van der Waals surface area contributed by atoms with Crippen LogP contribution in [0, 0.1) is 0 Å². The number of hydrogen-bond donors (Lipinski definition) is 2. The molecule has 0 saturated heterocycles. The standard InChI is InChI=1S/C22H30N2O4/c25-22(23-12-6-14-27-20-9-2-1-3-10-20)24-19-8-4-7-18(15-19)16-26-17-21-11-5-13-28-21/h4-5,7-8,11,13,15,20H,1-3,6,9-10,12,14,16-17H2,(H2,23,24,25). The van der Waals surface area contributed by atoms with Crippen molar-refractivity contribution < 1.29 is 18.7 Å². The molecule has 1 aromatic heterocycles. The maximum Gasteiger partial charge on any atom is 0.319 e. The lowest BCUT2D eigenvalue weighted by atomic mass is 9.98. The molecule has 152 valence electrons. The Labute approximate surface area is 166 Å². The molecule has 2 N–H and O–H groups in total. The van der Waals surface area contributed by atoms with Gasteiger partial charge in [-0.15, -0.1) is 0 Å². The largest absolute Gasteiger partial charge is 0.467 e. The third-order valence-electron chi connectivity index (χ3n) is 4.79. The molecule has 0 spiro atoms. The van der Waals surface area contributed by atoms with Crippen molar-refractivity contribution in [2.75, 3.05) is 18.5 Å². The Hall–Kier alpha value is -2.31. The normalized spacial score (nSPS) is 14.7. The number of ether oxygens (including phenoxy) is 2. The first-order valence-electron chi connectivity index (χ1n) is 10.1. The highest BCUT2D eigenvalue weighted by Crippen LogP contribution is 2.20. The molecule has 0 bridgehead atoms. The maximum absolute atomic E-state index is 12.1. The van der Waals surface area contributed by atoms with Crippen LogP contribution in [0.15, 0.2) is 47.1 Å². The van der Waals surface area contributed by atoms with Gasteiger partial charge in [0.25, 0.3) is 0 Å². The highest BCUT2D eigenvalue weighted by Gasteiger charge is 2.13. The van der Waals surface area contributed by atoms with E-state index in [0.29, 0.717) is 32.5 Å². The van der Waals surface area contributed by atoms with Gasteiger partial charge in [0, 0.05) is 18.8 Å². The Bertz CT molecular complexity index is 696. The van der Waals surface area contributed by atoms with E-state index in [-0.39, 0.29) is 6.03 Å². The second-order valence-electron chi connectivity index (χ2n) is 7.14. The van der Waals surface area contributed by atoms with E-state index < -0.39 is 0 Å². The first kappa shape index (κ1) is 20.4. The number of anilines is 1. The average molecular weight is 386 g/mol. The molecular formula is C22H30N2O4. The number of amides is 2. The number of nitrogens with one attached hydrogen (secondary N) is 2. The number of hydrogen-bond acceptors (Lipinski definition) is 4. The summed E-state index contributed by atoms with van der Waals surface area (Å²) in [6, 6.07) is 11.2. The number of urea groups is 1. The van der Waals surface area contributed by atoms with Crippen LogP contribution in [0.3, 0.4) is 0 Å². The minimum atomic E-state index is -0.202. The zero-order chi connectivity index (χ0) is 19.4. The van der Waals surface area contributed by atoms with E-state index in [4.69, 9.17) is 13.9 Å². The van der Waals surface area contributed by atoms with Gasteiger partial charge < -0.3 is 24.5 Å². The van der Waals surface area contributed by atoms with Gasteiger partial charge in [0.05, 0.1) is 19.0 Å². The highest BCUT2D eigenvalue weighted by atomic mass is 16.5. The lowest BCUT2D eigenvalue weighted by molar-refractivity contribution is 0.0276. The van der Waals surface area contributed by atoms with Crippen molar-refractivity contribution in [1.29, 1.82) is 0 Å². The van der Waals surface area contributed by atoms with Gasteiger partial charge in [0.2, 0.25) is 0 Å². The first-order valence-corrected chi connectivity index (χ1v) is 10.1. The zero-order valence-electron chi connectivity index (χ0n) is 16.3. The summed E-state index contributed by atoms with van der Waals surface area (Å²) >= 11 is 0. The molecule has 1 aromatic carbocycles. The van der Waals surface area contributed by atoms with Crippen molar-refractivity contribution in [3.63, 3.8) is 0 Å². The second-order valence-corrected chi connectivity index (χ2v) is 7.14. The molecule has 1 heterocycles. The van der Waals surface area contributed by atoms with Crippen molar-refractivity contribution in [3.05, 3.63) is 54.0 Å². The smallest absolute Gasteiger partial charge is 0.319 e. The third kappa shape index (κ3) is 7.37. The van der Waals surface area contributed by atoms with Gasteiger partial charge >= 0.3 is 6.03 Å². The zero-order valence-corrected chi connectivity index (χ0v) is 16.3. The molecule has 1 fully saturated rings. The SMILES string of the molecule is O=C(NCCCOC1CCCCC1)Nc1cccc(COCc2ccco2)c1. The van der Waals surface area contributed by atoms with Gasteiger partial charge in [-0.25, -0.2) is 4.79 Å². The van der Waals surface area contributed by atoms with Crippen LogP contribution in [-0.4, -0.2) is 25.3 Å². The molecule has 2 aromatic rings. The Kier molecular flexibility index (Phi) is 8.40. The van der Waals surface area contributed by atoms with Crippen LogP contribution in [0.2, 0.25) is 0 Å². The fraction of sp³-hybridized carbons (Fsp3) is 0.500. The maximum atomic E-state index is 12.1. The third-order valence-corrected chi connectivity index (χ3v) is 4.79. The summed E-state index contributed by atoms with van der Waals surface area (Å²) < 4.78 is 16.7. The van der Waals surface area contributed by atoms with Gasteiger partial charge in [-0.3, -0.25) is 0 Å². The summed E-state index contributed by atoms with van der Waals surface area (Å²) in [5.74, 6) is 0.793. The Morgan fingerprint density at radius 1 is 1.11 bits per heavy atom. The van der Waals surface area contributed by atoms with Crippen LogP contribution in [0.1, 0.15) is 49.8 Å². The van der Waals surface area contributed by atoms with Crippen LogP contribution >= 0.6 is 0 Å². The van der Waals surface area contributed by atoms with Gasteiger partial charge in [-0.1, -0.05) is 31.4 Å². The molecule has 1 aliphatic carbocycles. The lowest BCUT2D eigenvalue weighted by Crippen LogP contribution is -2.30. The molecule has 1 aliphatic rings. The van der Waals surface area contributed by atoms with Crippen LogP contribution in [0.4, 0.5) is 10.5 Å². The number of benzene rings is 1. The fourth-order valence-corrected chi connectivity index (χ4v) is 3.33. The minimum Gasteiger partial charge on any atom is -0.467 e. The predicted octanol–water partition coefficient (Wildman–Crippen LogP) is 4.86.